The van der Waals surface area contributed by atoms with Crippen LogP contribution in [0.25, 0.3) is 0 Å². The van der Waals surface area contributed by atoms with E-state index >= 15 is 0 Å². The molecule has 8 nitrogen and oxygen atoms in total. The summed E-state index contributed by atoms with van der Waals surface area (Å²) in [7, 11) is 1.84. The van der Waals surface area contributed by atoms with Crippen molar-refractivity contribution in [1.82, 2.24) is 9.88 Å². The highest BCUT2D eigenvalue weighted by atomic mass is 16.5. The second kappa shape index (κ2) is 9.66. The number of carboxylic acids is 1. The number of carboxylic acid groups (broad SMARTS) is 1. The quantitative estimate of drug-likeness (QED) is 0.700. The van der Waals surface area contributed by atoms with Crippen molar-refractivity contribution in [2.24, 2.45) is 17.6 Å². The predicted molar refractivity (Wildman–Crippen MR) is 99.4 cm³/mol. The Labute approximate surface area is 159 Å². The van der Waals surface area contributed by atoms with Crippen LogP contribution in [0.15, 0.2) is 18.3 Å². The van der Waals surface area contributed by atoms with Gasteiger partial charge >= 0.3 is 0 Å². The van der Waals surface area contributed by atoms with Gasteiger partial charge in [0.1, 0.15) is 6.61 Å². The summed E-state index contributed by atoms with van der Waals surface area (Å²) in [6.45, 7) is 1.84. The molecule has 0 aliphatic heterocycles. The van der Waals surface area contributed by atoms with E-state index in [1.807, 2.05) is 7.05 Å². The van der Waals surface area contributed by atoms with E-state index in [1.54, 1.807) is 23.2 Å². The minimum atomic E-state index is -0.833. The van der Waals surface area contributed by atoms with Crippen molar-refractivity contribution in [2.45, 2.75) is 44.8 Å². The Bertz CT molecular complexity index is 636. The van der Waals surface area contributed by atoms with Gasteiger partial charge in [0.15, 0.2) is 11.4 Å². The normalized spacial score (nSPS) is 25.9. The molecule has 4 atom stereocenters. The lowest BCUT2D eigenvalue weighted by Gasteiger charge is -2.26. The van der Waals surface area contributed by atoms with Gasteiger partial charge in [-0.1, -0.05) is 0 Å². The summed E-state index contributed by atoms with van der Waals surface area (Å²) in [4.78, 5) is 27.8. The van der Waals surface area contributed by atoms with E-state index in [2.05, 4.69) is 4.98 Å². The average molecular weight is 379 g/mol. The number of hydrogen-bond donors (Lipinski definition) is 3. The average Bonchev–Trinajstić information content (AvgIpc) is 3.15. The summed E-state index contributed by atoms with van der Waals surface area (Å²) in [6.07, 6.45) is 5.13. The van der Waals surface area contributed by atoms with Crippen molar-refractivity contribution in [1.29, 1.82) is 0 Å². The van der Waals surface area contributed by atoms with Gasteiger partial charge in [-0.2, -0.15) is 0 Å². The third-order valence-electron chi connectivity index (χ3n) is 5.18. The van der Waals surface area contributed by atoms with Crippen LogP contribution < -0.4 is 10.5 Å². The van der Waals surface area contributed by atoms with Crippen molar-refractivity contribution in [3.8, 4) is 5.75 Å². The molecular weight excluding hydrogens is 350 g/mol. The largest absolute Gasteiger partial charge is 0.490 e. The van der Waals surface area contributed by atoms with Gasteiger partial charge in [-0.05, 0) is 49.7 Å². The standard InChI is InChI=1S/C17H25N3O3.C2H4O2/c1-20(13-7-11-9-14(21)10-12(11)8-13)17(22)16-15(23-6-4-18)3-2-5-19-16;1-2(3)4/h2-3,5,11-14,21H,4,6-10,18H2,1H3;1H3,(H,3,4)/t11-,12+,13?,14?;. The number of rotatable bonds is 5. The second-order valence-electron chi connectivity index (χ2n) is 7.19. The SMILES string of the molecule is CC(=O)O.CN(C(=O)c1ncccc1OCCN)C1C[C@H]2CC(O)C[C@H]2C1. The van der Waals surface area contributed by atoms with Crippen LogP contribution in [0.3, 0.4) is 0 Å². The second-order valence-corrected chi connectivity index (χ2v) is 7.19. The van der Waals surface area contributed by atoms with E-state index < -0.39 is 5.97 Å². The summed E-state index contributed by atoms with van der Waals surface area (Å²) >= 11 is 0. The van der Waals surface area contributed by atoms with Crippen molar-refractivity contribution < 1.29 is 24.5 Å². The number of nitrogens with two attached hydrogens (primary N) is 1. The molecule has 150 valence electrons. The van der Waals surface area contributed by atoms with E-state index in [0.717, 1.165) is 32.6 Å². The molecule has 8 heteroatoms. The van der Waals surface area contributed by atoms with Gasteiger partial charge in [0.05, 0.1) is 6.10 Å². The fourth-order valence-electron chi connectivity index (χ4n) is 4.04. The summed E-state index contributed by atoms with van der Waals surface area (Å²) in [5.41, 5.74) is 5.81. The maximum atomic E-state index is 12.8. The lowest BCUT2D eigenvalue weighted by Crippen LogP contribution is -2.36. The van der Waals surface area contributed by atoms with Crippen LogP contribution in [0.2, 0.25) is 0 Å². The van der Waals surface area contributed by atoms with Crippen LogP contribution >= 0.6 is 0 Å². The topological polar surface area (TPSA) is 126 Å². The maximum Gasteiger partial charge on any atom is 0.300 e. The van der Waals surface area contributed by atoms with E-state index in [1.165, 1.54) is 0 Å². The number of carbonyl (C=O) groups excluding carboxylic acids is 1. The highest BCUT2D eigenvalue weighted by Crippen LogP contribution is 2.45. The van der Waals surface area contributed by atoms with E-state index in [9.17, 15) is 9.90 Å². The molecule has 2 aliphatic carbocycles. The molecule has 0 aromatic carbocycles. The number of carbonyl (C=O) groups is 2. The molecule has 2 unspecified atom stereocenters. The van der Waals surface area contributed by atoms with Crippen molar-refractivity contribution in [2.75, 3.05) is 20.2 Å². The Balaban J connectivity index is 0.000000596. The Hall–Kier alpha value is -2.19. The van der Waals surface area contributed by atoms with Crippen molar-refractivity contribution in [3.05, 3.63) is 24.0 Å². The monoisotopic (exact) mass is 379 g/mol. The summed E-state index contributed by atoms with van der Waals surface area (Å²) in [5, 5.41) is 17.2. The lowest BCUT2D eigenvalue weighted by atomic mass is 10.0. The van der Waals surface area contributed by atoms with Gasteiger partial charge in [-0.15, -0.1) is 0 Å². The van der Waals surface area contributed by atoms with Crippen LogP contribution in [0.1, 0.15) is 43.1 Å². The first-order valence-electron chi connectivity index (χ1n) is 9.26. The first-order valence-corrected chi connectivity index (χ1v) is 9.26. The van der Waals surface area contributed by atoms with Crippen molar-refractivity contribution in [3.63, 3.8) is 0 Å². The minimum Gasteiger partial charge on any atom is -0.490 e. The number of ether oxygens (including phenoxy) is 1. The summed E-state index contributed by atoms with van der Waals surface area (Å²) in [5.74, 6) is 0.635. The number of aliphatic carboxylic acids is 1. The molecule has 27 heavy (non-hydrogen) atoms. The van der Waals surface area contributed by atoms with Gasteiger partial charge in [0.2, 0.25) is 0 Å². The molecule has 4 N–H and O–H groups in total. The first-order chi connectivity index (χ1) is 12.8. The fraction of sp³-hybridized carbons (Fsp3) is 0.632. The Kier molecular flexibility index (Phi) is 7.55. The molecule has 3 rings (SSSR count). The number of aliphatic hydroxyl groups is 1. The molecule has 0 spiro atoms. The first kappa shape index (κ1) is 21.1. The van der Waals surface area contributed by atoms with Gasteiger partial charge in [-0.25, -0.2) is 4.98 Å². The van der Waals surface area contributed by atoms with Gasteiger partial charge in [-0.3, -0.25) is 9.59 Å². The van der Waals surface area contributed by atoms with E-state index in [-0.39, 0.29) is 18.1 Å². The van der Waals surface area contributed by atoms with Gasteiger partial charge in [0.25, 0.3) is 11.9 Å². The van der Waals surface area contributed by atoms with Crippen LogP contribution in [0.5, 0.6) is 5.75 Å². The number of nitrogens with zero attached hydrogens (tertiary/aromatic N) is 2. The smallest absolute Gasteiger partial charge is 0.300 e. The number of pyridine rings is 1. The number of hydrogen-bond acceptors (Lipinski definition) is 6. The van der Waals surface area contributed by atoms with Gasteiger partial charge in [0, 0.05) is 32.8 Å². The summed E-state index contributed by atoms with van der Waals surface area (Å²) < 4.78 is 5.54. The third-order valence-corrected chi connectivity index (χ3v) is 5.18. The highest BCUT2D eigenvalue weighted by Gasteiger charge is 2.43. The van der Waals surface area contributed by atoms with Crippen LogP contribution in [0.4, 0.5) is 0 Å². The Morgan fingerprint density at radius 3 is 2.44 bits per heavy atom. The molecule has 1 amide bonds. The molecule has 2 aliphatic rings. The maximum absolute atomic E-state index is 12.8. The molecule has 1 aromatic heterocycles. The Morgan fingerprint density at radius 2 is 1.89 bits per heavy atom. The zero-order valence-electron chi connectivity index (χ0n) is 15.9. The molecule has 1 aromatic rings. The number of fused-ring (bicyclic) bond motifs is 1. The summed E-state index contributed by atoms with van der Waals surface area (Å²) in [6, 6.07) is 3.72. The van der Waals surface area contributed by atoms with E-state index in [4.69, 9.17) is 20.4 Å². The zero-order valence-corrected chi connectivity index (χ0v) is 15.9. The Morgan fingerprint density at radius 1 is 1.30 bits per heavy atom. The van der Waals surface area contributed by atoms with E-state index in [0.29, 0.717) is 36.4 Å². The van der Waals surface area contributed by atoms with Crippen LogP contribution in [-0.4, -0.2) is 64.3 Å². The van der Waals surface area contributed by atoms with Crippen LogP contribution in [0, 0.1) is 11.8 Å². The minimum absolute atomic E-state index is 0.108. The zero-order chi connectivity index (χ0) is 20.0. The molecule has 1 heterocycles. The van der Waals surface area contributed by atoms with Gasteiger partial charge < -0.3 is 25.6 Å². The van der Waals surface area contributed by atoms with Crippen molar-refractivity contribution >= 4 is 11.9 Å². The highest BCUT2D eigenvalue weighted by molar-refractivity contribution is 5.95. The molecule has 2 fully saturated rings. The molecule has 0 bridgehead atoms. The van der Waals surface area contributed by atoms with Crippen LogP contribution in [-0.2, 0) is 4.79 Å². The number of aliphatic hydroxyl groups excluding tert-OH is 1. The third kappa shape index (κ3) is 5.64. The lowest BCUT2D eigenvalue weighted by molar-refractivity contribution is -0.134. The molecule has 0 saturated heterocycles. The fourth-order valence-corrected chi connectivity index (χ4v) is 4.04. The molecular formula is C19H29N3O5. The predicted octanol–water partition coefficient (Wildman–Crippen LogP) is 1.13. The molecule has 0 radical (unpaired) electrons. The molecule has 2 saturated carbocycles. The number of aromatic nitrogens is 1. The number of amides is 1.